The second-order valence-electron chi connectivity index (χ2n) is 1.76. The lowest BCUT2D eigenvalue weighted by atomic mass is 10.3. The molecule has 0 radical (unpaired) electrons. The molecule has 0 amide bonds. The molecule has 0 aliphatic heterocycles. The van der Waals surface area contributed by atoms with Crippen LogP contribution in [-0.4, -0.2) is 12.6 Å². The summed E-state index contributed by atoms with van der Waals surface area (Å²) in [5, 5.41) is 3.18. The Kier molecular flexibility index (Phi) is 4.10. The van der Waals surface area contributed by atoms with Gasteiger partial charge in [-0.25, -0.2) is 0 Å². The topological polar surface area (TPSA) is 12.0 Å². The first-order valence-corrected chi connectivity index (χ1v) is 2.83. The molecule has 0 spiro atoms. The Bertz CT molecular complexity index is 35.2. The Hall–Kier alpha value is -0.0400. The Morgan fingerprint density at radius 2 is 2.29 bits per heavy atom. The van der Waals surface area contributed by atoms with E-state index >= 15 is 0 Å². The number of nitrogens with one attached hydrogen (secondary N) is 1. The first-order valence-electron chi connectivity index (χ1n) is 2.83. The van der Waals surface area contributed by atoms with Crippen LogP contribution in [0.5, 0.6) is 0 Å². The van der Waals surface area contributed by atoms with Crippen LogP contribution in [0.3, 0.4) is 0 Å². The molecule has 1 atom stereocenters. The number of hydrogen-bond donors (Lipinski definition) is 1. The van der Waals surface area contributed by atoms with Crippen LogP contribution in [-0.2, 0) is 0 Å². The van der Waals surface area contributed by atoms with E-state index in [0.29, 0.717) is 6.04 Å². The lowest BCUT2D eigenvalue weighted by molar-refractivity contribution is 0.566. The van der Waals surface area contributed by atoms with Crippen LogP contribution in [0.2, 0.25) is 0 Å². The number of hydrogen-bond acceptors (Lipinski definition) is 1. The smallest absolute Gasteiger partial charge is 0.000796 e. The van der Waals surface area contributed by atoms with Crippen LogP contribution in [0.25, 0.3) is 0 Å². The van der Waals surface area contributed by atoms with Crippen LogP contribution in [0.1, 0.15) is 20.3 Å². The molecule has 0 aliphatic rings. The second-order valence-corrected chi connectivity index (χ2v) is 1.76. The maximum Gasteiger partial charge on any atom is 0.000796 e. The van der Waals surface area contributed by atoms with Crippen molar-refractivity contribution in [3.8, 4) is 0 Å². The van der Waals surface area contributed by atoms with E-state index < -0.39 is 0 Å². The third-order valence-corrected chi connectivity index (χ3v) is 1.11. The highest BCUT2D eigenvalue weighted by molar-refractivity contribution is 4.56. The molecular formula is C6H14N-. The van der Waals surface area contributed by atoms with E-state index in [2.05, 4.69) is 26.1 Å². The molecular weight excluding hydrogens is 86.1 g/mol. The van der Waals surface area contributed by atoms with Crippen molar-refractivity contribution in [1.82, 2.24) is 5.32 Å². The van der Waals surface area contributed by atoms with Crippen molar-refractivity contribution < 1.29 is 0 Å². The molecule has 0 rings (SSSR count). The Balaban J connectivity index is 2.83. The maximum absolute atomic E-state index is 3.66. The molecule has 7 heavy (non-hydrogen) atoms. The van der Waals surface area contributed by atoms with E-state index in [4.69, 9.17) is 0 Å². The van der Waals surface area contributed by atoms with Crippen LogP contribution in [0, 0.1) is 6.92 Å². The van der Waals surface area contributed by atoms with Crippen molar-refractivity contribution in [1.29, 1.82) is 0 Å². The maximum atomic E-state index is 3.66. The average Bonchev–Trinajstić information content (AvgIpc) is 1.68. The molecule has 1 N–H and O–H groups in total. The van der Waals surface area contributed by atoms with E-state index in [1.807, 2.05) is 0 Å². The van der Waals surface area contributed by atoms with Crippen LogP contribution >= 0.6 is 0 Å². The highest BCUT2D eigenvalue weighted by Gasteiger charge is 1.88. The van der Waals surface area contributed by atoms with Gasteiger partial charge < -0.3 is 12.2 Å². The highest BCUT2D eigenvalue weighted by Crippen LogP contribution is 1.84. The van der Waals surface area contributed by atoms with Gasteiger partial charge in [0.2, 0.25) is 0 Å². The Labute approximate surface area is 46.1 Å². The van der Waals surface area contributed by atoms with Gasteiger partial charge in [0.05, 0.1) is 0 Å². The van der Waals surface area contributed by atoms with Crippen molar-refractivity contribution in [2.45, 2.75) is 26.3 Å². The third kappa shape index (κ3) is 3.80. The number of rotatable bonds is 3. The van der Waals surface area contributed by atoms with Crippen molar-refractivity contribution in [3.63, 3.8) is 0 Å². The molecule has 0 aliphatic carbocycles. The van der Waals surface area contributed by atoms with Crippen LogP contribution in [0.15, 0.2) is 0 Å². The first-order chi connectivity index (χ1) is 3.31. The quantitative estimate of drug-likeness (QED) is 0.526. The van der Waals surface area contributed by atoms with Gasteiger partial charge in [0, 0.05) is 6.04 Å². The lowest BCUT2D eigenvalue weighted by Gasteiger charge is -2.09. The molecule has 1 nitrogen and oxygen atoms in total. The lowest BCUT2D eigenvalue weighted by Crippen LogP contribution is -2.24. The fourth-order valence-corrected chi connectivity index (χ4v) is 0.391. The van der Waals surface area contributed by atoms with Crippen molar-refractivity contribution in [2.75, 3.05) is 6.54 Å². The average molecular weight is 100 g/mol. The van der Waals surface area contributed by atoms with Gasteiger partial charge in [-0.15, -0.1) is 6.54 Å². The van der Waals surface area contributed by atoms with Crippen LogP contribution < -0.4 is 5.32 Å². The molecule has 44 valence electrons. The van der Waals surface area contributed by atoms with Crippen LogP contribution in [0.4, 0.5) is 0 Å². The summed E-state index contributed by atoms with van der Waals surface area (Å²) in [4.78, 5) is 0. The standard InChI is InChI=1S/C6H14N/c1-4-6(3)7-5-2/h6-7H,2,4-5H2,1,3H3/q-1. The fraction of sp³-hybridized carbons (Fsp3) is 0.833. The normalized spacial score (nSPS) is 14.1. The minimum absolute atomic E-state index is 0.637. The van der Waals surface area contributed by atoms with Gasteiger partial charge in [-0.1, -0.05) is 6.92 Å². The summed E-state index contributed by atoms with van der Waals surface area (Å²) < 4.78 is 0. The van der Waals surface area contributed by atoms with Gasteiger partial charge >= 0.3 is 0 Å². The van der Waals surface area contributed by atoms with E-state index in [9.17, 15) is 0 Å². The molecule has 0 heterocycles. The van der Waals surface area contributed by atoms with Gasteiger partial charge in [-0.3, -0.25) is 0 Å². The van der Waals surface area contributed by atoms with Crippen molar-refractivity contribution in [3.05, 3.63) is 6.92 Å². The first kappa shape index (κ1) is 6.96. The molecule has 0 aromatic heterocycles. The summed E-state index contributed by atoms with van der Waals surface area (Å²) in [6.45, 7) is 8.82. The monoisotopic (exact) mass is 100 g/mol. The summed E-state index contributed by atoms with van der Waals surface area (Å²) in [7, 11) is 0. The van der Waals surface area contributed by atoms with Gasteiger partial charge in [-0.05, 0) is 13.3 Å². The predicted octanol–water partition coefficient (Wildman–Crippen LogP) is 1.21. The zero-order chi connectivity index (χ0) is 5.70. The zero-order valence-corrected chi connectivity index (χ0v) is 5.20. The summed E-state index contributed by atoms with van der Waals surface area (Å²) in [5.41, 5.74) is 0. The Morgan fingerprint density at radius 1 is 1.71 bits per heavy atom. The minimum atomic E-state index is 0.637. The van der Waals surface area contributed by atoms with E-state index in [1.54, 1.807) is 0 Å². The molecule has 0 fully saturated rings. The van der Waals surface area contributed by atoms with Gasteiger partial charge in [0.25, 0.3) is 0 Å². The molecule has 0 bridgehead atoms. The van der Waals surface area contributed by atoms with E-state index in [-0.39, 0.29) is 0 Å². The summed E-state index contributed by atoms with van der Waals surface area (Å²) >= 11 is 0. The molecule has 0 saturated heterocycles. The van der Waals surface area contributed by atoms with E-state index in [0.717, 1.165) is 6.54 Å². The van der Waals surface area contributed by atoms with Gasteiger partial charge in [-0.2, -0.15) is 0 Å². The van der Waals surface area contributed by atoms with Crippen molar-refractivity contribution >= 4 is 0 Å². The SMILES string of the molecule is [CH2-]CNC(C)CC. The zero-order valence-electron chi connectivity index (χ0n) is 5.20. The molecule has 1 unspecified atom stereocenters. The van der Waals surface area contributed by atoms with Gasteiger partial charge in [0.15, 0.2) is 0 Å². The Morgan fingerprint density at radius 3 is 2.43 bits per heavy atom. The fourth-order valence-electron chi connectivity index (χ4n) is 0.391. The molecule has 1 heteroatoms. The largest absolute Gasteiger partial charge is 0.344 e. The molecule has 0 aromatic carbocycles. The molecule has 0 aromatic rings. The second kappa shape index (κ2) is 4.13. The van der Waals surface area contributed by atoms with E-state index in [1.165, 1.54) is 6.42 Å². The summed E-state index contributed by atoms with van der Waals surface area (Å²) in [5.74, 6) is 0. The van der Waals surface area contributed by atoms with Crippen molar-refractivity contribution in [2.24, 2.45) is 0 Å². The third-order valence-electron chi connectivity index (χ3n) is 1.11. The summed E-state index contributed by atoms with van der Waals surface area (Å²) in [6.07, 6.45) is 1.19. The molecule has 0 saturated carbocycles. The summed E-state index contributed by atoms with van der Waals surface area (Å²) in [6, 6.07) is 0.637. The minimum Gasteiger partial charge on any atom is -0.344 e. The van der Waals surface area contributed by atoms with Gasteiger partial charge in [0.1, 0.15) is 0 Å². The predicted molar refractivity (Wildman–Crippen MR) is 33.1 cm³/mol. The highest BCUT2D eigenvalue weighted by atomic mass is 14.9.